The van der Waals surface area contributed by atoms with Crippen molar-refractivity contribution >= 4 is 17.9 Å². The highest BCUT2D eigenvalue weighted by atomic mass is 16.5. The van der Waals surface area contributed by atoms with Crippen LogP contribution in [-0.4, -0.2) is 31.6 Å². The quantitative estimate of drug-likeness (QED) is 0.754. The molecule has 98 valence electrons. The van der Waals surface area contributed by atoms with E-state index in [0.29, 0.717) is 5.56 Å². The van der Waals surface area contributed by atoms with Gasteiger partial charge >= 0.3 is 12.0 Å². The fourth-order valence-electron chi connectivity index (χ4n) is 1.16. The Morgan fingerprint density at radius 3 is 2.74 bits per heavy atom. The van der Waals surface area contributed by atoms with Crippen LogP contribution < -0.4 is 10.6 Å². The average molecular weight is 261 g/mol. The first kappa shape index (κ1) is 14.2. The summed E-state index contributed by atoms with van der Waals surface area (Å²) in [6.07, 6.45) is 0. The van der Waals surface area contributed by atoms with Crippen LogP contribution in [0.25, 0.3) is 0 Å². The normalized spacial score (nSPS) is 9.05. The van der Waals surface area contributed by atoms with Gasteiger partial charge in [-0.1, -0.05) is 6.07 Å². The summed E-state index contributed by atoms with van der Waals surface area (Å²) in [5.41, 5.74) is 0.469. The number of hydrogen-bond donors (Lipinski definition) is 2. The Kier molecular flexibility index (Phi) is 5.04. The third kappa shape index (κ3) is 4.47. The number of benzene rings is 1. The second kappa shape index (κ2) is 6.76. The van der Waals surface area contributed by atoms with Crippen molar-refractivity contribution in [3.05, 3.63) is 35.4 Å². The summed E-state index contributed by atoms with van der Waals surface area (Å²) in [6, 6.07) is 7.06. The second-order valence-electron chi connectivity index (χ2n) is 3.40. The fraction of sp³-hybridized carbons (Fsp3) is 0.167. The van der Waals surface area contributed by atoms with Crippen LogP contribution in [0, 0.1) is 11.3 Å². The lowest BCUT2D eigenvalue weighted by atomic mass is 10.1. The molecule has 2 N–H and O–H groups in total. The van der Waals surface area contributed by atoms with Crippen molar-refractivity contribution in [3.8, 4) is 6.07 Å². The maximum atomic E-state index is 11.6. The molecule has 3 amide bonds. The number of hydrogen-bond acceptors (Lipinski definition) is 5. The number of carbonyl (C=O) groups is 3. The predicted octanol–water partition coefficient (Wildman–Crippen LogP) is 0.171. The lowest BCUT2D eigenvalue weighted by molar-refractivity contribution is -0.123. The van der Waals surface area contributed by atoms with Crippen LogP contribution in [0.2, 0.25) is 0 Å². The number of urea groups is 1. The van der Waals surface area contributed by atoms with E-state index in [0.717, 1.165) is 0 Å². The van der Waals surface area contributed by atoms with E-state index in [1.807, 2.05) is 11.4 Å². The van der Waals surface area contributed by atoms with Crippen LogP contribution in [0.3, 0.4) is 0 Å². The predicted molar refractivity (Wildman–Crippen MR) is 64.0 cm³/mol. The molecule has 0 spiro atoms. The van der Waals surface area contributed by atoms with E-state index in [4.69, 9.17) is 10.00 Å². The largest absolute Gasteiger partial charge is 0.452 e. The van der Waals surface area contributed by atoms with E-state index < -0.39 is 24.5 Å². The Labute approximate surface area is 109 Å². The van der Waals surface area contributed by atoms with Crippen LogP contribution >= 0.6 is 0 Å². The number of carbonyl (C=O) groups excluding carboxylic acids is 3. The first-order chi connectivity index (χ1) is 9.06. The third-order valence-corrected chi connectivity index (χ3v) is 2.04. The number of rotatable bonds is 3. The fourth-order valence-corrected chi connectivity index (χ4v) is 1.16. The highest BCUT2D eigenvalue weighted by Crippen LogP contribution is 2.05. The van der Waals surface area contributed by atoms with E-state index in [1.54, 1.807) is 0 Å². The van der Waals surface area contributed by atoms with Gasteiger partial charge in [0.15, 0.2) is 6.61 Å². The molecule has 0 aromatic heterocycles. The van der Waals surface area contributed by atoms with Crippen LogP contribution in [0.4, 0.5) is 4.79 Å². The molecule has 0 saturated heterocycles. The monoisotopic (exact) mass is 261 g/mol. The van der Waals surface area contributed by atoms with E-state index >= 15 is 0 Å². The van der Waals surface area contributed by atoms with Gasteiger partial charge < -0.3 is 10.1 Å². The van der Waals surface area contributed by atoms with Gasteiger partial charge in [0.2, 0.25) is 0 Å². The Morgan fingerprint density at radius 2 is 2.11 bits per heavy atom. The Balaban J connectivity index is 2.54. The molecule has 0 aliphatic carbocycles. The van der Waals surface area contributed by atoms with Gasteiger partial charge in [-0.05, 0) is 18.2 Å². The van der Waals surface area contributed by atoms with Gasteiger partial charge in [-0.2, -0.15) is 5.26 Å². The number of ether oxygens (including phenoxy) is 1. The molecule has 0 aliphatic heterocycles. The third-order valence-electron chi connectivity index (χ3n) is 2.04. The van der Waals surface area contributed by atoms with E-state index in [1.165, 1.54) is 31.3 Å². The molecule has 0 atom stereocenters. The molecule has 0 fully saturated rings. The van der Waals surface area contributed by atoms with Crippen LogP contribution in [0.15, 0.2) is 24.3 Å². The topological polar surface area (TPSA) is 108 Å². The minimum Gasteiger partial charge on any atom is -0.452 e. The number of nitriles is 1. The van der Waals surface area contributed by atoms with Crippen LogP contribution in [-0.2, 0) is 9.53 Å². The van der Waals surface area contributed by atoms with Crippen molar-refractivity contribution < 1.29 is 19.1 Å². The molecular formula is C12H11N3O4. The molecule has 1 aromatic rings. The van der Waals surface area contributed by atoms with Crippen molar-refractivity contribution in [1.82, 2.24) is 10.6 Å². The van der Waals surface area contributed by atoms with E-state index in [-0.39, 0.29) is 5.56 Å². The average Bonchev–Trinajstić information content (AvgIpc) is 2.44. The molecular weight excluding hydrogens is 250 g/mol. The minimum absolute atomic E-state index is 0.159. The van der Waals surface area contributed by atoms with Gasteiger partial charge in [-0.25, -0.2) is 9.59 Å². The van der Waals surface area contributed by atoms with Crippen molar-refractivity contribution in [3.63, 3.8) is 0 Å². The molecule has 0 heterocycles. The zero-order valence-electron chi connectivity index (χ0n) is 10.1. The van der Waals surface area contributed by atoms with Gasteiger partial charge in [-0.3, -0.25) is 10.1 Å². The summed E-state index contributed by atoms with van der Waals surface area (Å²) in [5.74, 6) is -1.49. The number of nitrogens with zero attached hydrogens (tertiary/aromatic N) is 1. The molecule has 0 bridgehead atoms. The molecule has 0 radical (unpaired) electrons. The van der Waals surface area contributed by atoms with Crippen LogP contribution in [0.1, 0.15) is 15.9 Å². The smallest absolute Gasteiger partial charge is 0.338 e. The lowest BCUT2D eigenvalue weighted by Crippen LogP contribution is -2.39. The lowest BCUT2D eigenvalue weighted by Gasteiger charge is -2.05. The highest BCUT2D eigenvalue weighted by molar-refractivity contribution is 5.96. The Hall–Kier alpha value is -2.88. The zero-order valence-corrected chi connectivity index (χ0v) is 10.1. The van der Waals surface area contributed by atoms with Gasteiger partial charge in [0.1, 0.15) is 0 Å². The SMILES string of the molecule is CNC(=O)NC(=O)COC(=O)c1cccc(C#N)c1. The summed E-state index contributed by atoms with van der Waals surface area (Å²) >= 11 is 0. The van der Waals surface area contributed by atoms with Gasteiger partial charge in [0.05, 0.1) is 17.2 Å². The molecule has 0 saturated carbocycles. The second-order valence-corrected chi connectivity index (χ2v) is 3.40. The van der Waals surface area contributed by atoms with Crippen molar-refractivity contribution in [1.29, 1.82) is 5.26 Å². The van der Waals surface area contributed by atoms with Crippen LogP contribution in [0.5, 0.6) is 0 Å². The van der Waals surface area contributed by atoms with E-state index in [2.05, 4.69) is 5.32 Å². The van der Waals surface area contributed by atoms with Crippen molar-refractivity contribution in [2.45, 2.75) is 0 Å². The Bertz CT molecular complexity index is 548. The molecule has 1 rings (SSSR count). The molecule has 19 heavy (non-hydrogen) atoms. The number of nitrogens with one attached hydrogen (secondary N) is 2. The molecule has 7 nitrogen and oxygen atoms in total. The molecule has 0 unspecified atom stereocenters. The summed E-state index contributed by atoms with van der Waals surface area (Å²) in [5, 5.41) is 12.8. The standard InChI is InChI=1S/C12H11N3O4/c1-14-12(18)15-10(16)7-19-11(17)9-4-2-3-8(5-9)6-13/h2-5H,7H2,1H3,(H2,14,15,16,18). The first-order valence-electron chi connectivity index (χ1n) is 5.25. The highest BCUT2D eigenvalue weighted by Gasteiger charge is 2.12. The maximum absolute atomic E-state index is 11.6. The van der Waals surface area contributed by atoms with Gasteiger partial charge in [-0.15, -0.1) is 0 Å². The minimum atomic E-state index is -0.746. The van der Waals surface area contributed by atoms with Crippen molar-refractivity contribution in [2.75, 3.05) is 13.7 Å². The van der Waals surface area contributed by atoms with E-state index in [9.17, 15) is 14.4 Å². The van der Waals surface area contributed by atoms with Gasteiger partial charge in [0, 0.05) is 7.05 Å². The maximum Gasteiger partial charge on any atom is 0.338 e. The molecule has 7 heteroatoms. The Morgan fingerprint density at radius 1 is 1.37 bits per heavy atom. The van der Waals surface area contributed by atoms with Crippen molar-refractivity contribution in [2.24, 2.45) is 0 Å². The first-order valence-corrected chi connectivity index (χ1v) is 5.25. The zero-order chi connectivity index (χ0) is 14.3. The number of esters is 1. The number of amides is 3. The van der Waals surface area contributed by atoms with Gasteiger partial charge in [0.25, 0.3) is 5.91 Å². The molecule has 1 aromatic carbocycles. The number of imide groups is 1. The molecule has 0 aliphatic rings. The summed E-state index contributed by atoms with van der Waals surface area (Å²) in [4.78, 5) is 33.5. The summed E-state index contributed by atoms with van der Waals surface area (Å²) in [7, 11) is 1.35. The summed E-state index contributed by atoms with van der Waals surface area (Å²) < 4.78 is 4.69. The summed E-state index contributed by atoms with van der Waals surface area (Å²) in [6.45, 7) is -0.580.